The highest BCUT2D eigenvalue weighted by atomic mass is 19.1. The van der Waals surface area contributed by atoms with Crippen LogP contribution in [0.15, 0.2) is 66.5 Å². The van der Waals surface area contributed by atoms with Gasteiger partial charge in [0.2, 0.25) is 6.79 Å². The van der Waals surface area contributed by atoms with Gasteiger partial charge in [-0.3, -0.25) is 9.59 Å². The molecule has 1 amide bonds. The first-order chi connectivity index (χ1) is 17.5. The van der Waals surface area contributed by atoms with Gasteiger partial charge in [0, 0.05) is 6.54 Å². The first kappa shape index (κ1) is 22.6. The van der Waals surface area contributed by atoms with Gasteiger partial charge in [-0.15, -0.1) is 0 Å². The SMILES string of the molecule is C=CCOc1cccc(C2C3=C(OC4CCC(F)CC4C3=O)C(=O)N2Cc2ccc3c(c2)OCO3)c1. The fourth-order valence-corrected chi connectivity index (χ4v) is 5.54. The van der Waals surface area contributed by atoms with Gasteiger partial charge in [-0.05, 0) is 54.7 Å². The number of halogens is 1. The van der Waals surface area contributed by atoms with Crippen LogP contribution in [0, 0.1) is 5.92 Å². The van der Waals surface area contributed by atoms with E-state index in [9.17, 15) is 14.0 Å². The van der Waals surface area contributed by atoms with Crippen molar-refractivity contribution in [3.8, 4) is 17.2 Å². The maximum atomic E-state index is 14.3. The number of hydrogen-bond acceptors (Lipinski definition) is 6. The van der Waals surface area contributed by atoms with Gasteiger partial charge in [0.25, 0.3) is 5.91 Å². The van der Waals surface area contributed by atoms with E-state index < -0.39 is 24.2 Å². The number of carbonyl (C=O) groups is 2. The summed E-state index contributed by atoms with van der Waals surface area (Å²) in [7, 11) is 0. The fourth-order valence-electron chi connectivity index (χ4n) is 5.54. The molecule has 3 aliphatic heterocycles. The van der Waals surface area contributed by atoms with E-state index in [0.717, 1.165) is 11.1 Å². The summed E-state index contributed by atoms with van der Waals surface area (Å²) >= 11 is 0. The Kier molecular flexibility index (Phi) is 5.66. The first-order valence-corrected chi connectivity index (χ1v) is 12.2. The third kappa shape index (κ3) is 3.81. The Hall–Kier alpha value is -3.81. The first-order valence-electron chi connectivity index (χ1n) is 12.2. The molecule has 0 aromatic heterocycles. The molecular weight excluding hydrogens is 465 g/mol. The summed E-state index contributed by atoms with van der Waals surface area (Å²) < 4.78 is 37.0. The second kappa shape index (κ2) is 9.00. The molecule has 8 heteroatoms. The largest absolute Gasteiger partial charge is 0.490 e. The zero-order valence-electron chi connectivity index (χ0n) is 19.7. The highest BCUT2D eigenvalue weighted by molar-refractivity contribution is 6.11. The molecule has 0 N–H and O–H groups in total. The number of amides is 1. The maximum Gasteiger partial charge on any atom is 0.290 e. The zero-order valence-corrected chi connectivity index (χ0v) is 19.7. The van der Waals surface area contributed by atoms with Crippen LogP contribution in [0.5, 0.6) is 17.2 Å². The predicted octanol–water partition coefficient (Wildman–Crippen LogP) is 4.42. The molecule has 36 heavy (non-hydrogen) atoms. The number of rotatable bonds is 6. The molecule has 6 rings (SSSR count). The summed E-state index contributed by atoms with van der Waals surface area (Å²) in [5, 5.41) is 0. The van der Waals surface area contributed by atoms with Crippen molar-refractivity contribution < 1.29 is 32.9 Å². The molecule has 1 fully saturated rings. The molecule has 0 bridgehead atoms. The molecule has 186 valence electrons. The van der Waals surface area contributed by atoms with E-state index in [1.54, 1.807) is 11.0 Å². The van der Waals surface area contributed by atoms with Crippen LogP contribution >= 0.6 is 0 Å². The van der Waals surface area contributed by atoms with E-state index in [4.69, 9.17) is 18.9 Å². The lowest BCUT2D eigenvalue weighted by atomic mass is 9.77. The smallest absolute Gasteiger partial charge is 0.290 e. The van der Waals surface area contributed by atoms with Crippen LogP contribution in [-0.4, -0.2) is 42.3 Å². The molecule has 2 aromatic rings. The van der Waals surface area contributed by atoms with Gasteiger partial charge in [-0.1, -0.05) is 30.9 Å². The van der Waals surface area contributed by atoms with Gasteiger partial charge in [-0.25, -0.2) is 4.39 Å². The quantitative estimate of drug-likeness (QED) is 0.557. The average Bonchev–Trinajstić information content (AvgIpc) is 3.46. The van der Waals surface area contributed by atoms with Gasteiger partial charge in [0.1, 0.15) is 24.6 Å². The molecule has 4 unspecified atom stereocenters. The number of nitrogens with zero attached hydrogens (tertiary/aromatic N) is 1. The van der Waals surface area contributed by atoms with Crippen molar-refractivity contribution in [3.63, 3.8) is 0 Å². The normalized spacial score (nSPS) is 26.4. The summed E-state index contributed by atoms with van der Waals surface area (Å²) in [5.41, 5.74) is 1.85. The van der Waals surface area contributed by atoms with Crippen LogP contribution in [-0.2, 0) is 20.9 Å². The zero-order chi connectivity index (χ0) is 24.8. The number of benzene rings is 2. The van der Waals surface area contributed by atoms with E-state index in [1.165, 1.54) is 0 Å². The van der Waals surface area contributed by atoms with Crippen LogP contribution < -0.4 is 14.2 Å². The topological polar surface area (TPSA) is 74.3 Å². The molecule has 2 aromatic carbocycles. The number of ether oxygens (including phenoxy) is 4. The number of carbonyl (C=O) groups excluding carboxylic acids is 2. The third-order valence-electron chi connectivity index (χ3n) is 7.21. The minimum Gasteiger partial charge on any atom is -0.490 e. The highest BCUT2D eigenvalue weighted by Gasteiger charge is 2.53. The van der Waals surface area contributed by atoms with Gasteiger partial charge in [-0.2, -0.15) is 0 Å². The van der Waals surface area contributed by atoms with Gasteiger partial charge in [0.05, 0.1) is 17.5 Å². The second-order valence-electron chi connectivity index (χ2n) is 9.48. The van der Waals surface area contributed by atoms with Crippen molar-refractivity contribution >= 4 is 11.7 Å². The second-order valence-corrected chi connectivity index (χ2v) is 9.48. The Bertz CT molecular complexity index is 1270. The molecule has 1 aliphatic carbocycles. The Morgan fingerprint density at radius 2 is 1.97 bits per heavy atom. The third-order valence-corrected chi connectivity index (χ3v) is 7.21. The maximum absolute atomic E-state index is 14.3. The Morgan fingerprint density at radius 1 is 1.11 bits per heavy atom. The van der Waals surface area contributed by atoms with Crippen molar-refractivity contribution in [1.29, 1.82) is 0 Å². The van der Waals surface area contributed by atoms with Crippen molar-refractivity contribution in [2.75, 3.05) is 13.4 Å². The lowest BCUT2D eigenvalue weighted by molar-refractivity contribution is -0.136. The molecule has 0 radical (unpaired) electrons. The number of hydrogen-bond donors (Lipinski definition) is 0. The van der Waals surface area contributed by atoms with E-state index in [-0.39, 0.29) is 37.2 Å². The highest BCUT2D eigenvalue weighted by Crippen LogP contribution is 2.48. The van der Waals surface area contributed by atoms with E-state index in [1.807, 2.05) is 42.5 Å². The molecule has 7 nitrogen and oxygen atoms in total. The molecule has 0 saturated heterocycles. The standard InChI is InChI=1S/C28H26FNO6/c1-2-10-33-19-5-3-4-17(12-19)25-24-26(31)20-13-18(29)7-9-21(20)36-27(24)28(32)30(25)14-16-6-8-22-23(11-16)35-15-34-22/h2-6,8,11-12,18,20-21,25H,1,7,9-10,13-15H2. The van der Waals surface area contributed by atoms with Crippen molar-refractivity contribution in [2.45, 2.75) is 44.1 Å². The van der Waals surface area contributed by atoms with Gasteiger partial charge in [0.15, 0.2) is 23.0 Å². The van der Waals surface area contributed by atoms with Crippen molar-refractivity contribution in [2.24, 2.45) is 5.92 Å². The van der Waals surface area contributed by atoms with Crippen LogP contribution in [0.2, 0.25) is 0 Å². The predicted molar refractivity (Wildman–Crippen MR) is 127 cm³/mol. The number of ketones is 1. The van der Waals surface area contributed by atoms with Crippen LogP contribution in [0.1, 0.15) is 36.4 Å². The van der Waals surface area contributed by atoms with Crippen LogP contribution in [0.3, 0.4) is 0 Å². The van der Waals surface area contributed by atoms with Crippen LogP contribution in [0.4, 0.5) is 4.39 Å². The molecule has 0 spiro atoms. The van der Waals surface area contributed by atoms with E-state index >= 15 is 0 Å². The van der Waals surface area contributed by atoms with Crippen molar-refractivity contribution in [1.82, 2.24) is 4.90 Å². The lowest BCUT2D eigenvalue weighted by Crippen LogP contribution is -2.42. The summed E-state index contributed by atoms with van der Waals surface area (Å²) in [6.07, 6.45) is 0.995. The molecule has 4 aliphatic rings. The molecule has 4 atom stereocenters. The van der Waals surface area contributed by atoms with Gasteiger partial charge < -0.3 is 23.8 Å². The van der Waals surface area contributed by atoms with E-state index in [0.29, 0.717) is 42.3 Å². The summed E-state index contributed by atoms with van der Waals surface area (Å²) in [5.74, 6) is 0.805. The van der Waals surface area contributed by atoms with Crippen LogP contribution in [0.25, 0.3) is 0 Å². The minimum absolute atomic E-state index is 0.0849. The Labute approximate surface area is 208 Å². The minimum atomic E-state index is -1.04. The average molecular weight is 492 g/mol. The summed E-state index contributed by atoms with van der Waals surface area (Å²) in [6.45, 7) is 4.38. The van der Waals surface area contributed by atoms with Crippen molar-refractivity contribution in [3.05, 3.63) is 77.6 Å². The molecule has 1 saturated carbocycles. The summed E-state index contributed by atoms with van der Waals surface area (Å²) in [4.78, 5) is 29.1. The number of alkyl halides is 1. The lowest BCUT2D eigenvalue weighted by Gasteiger charge is -2.36. The molecule has 3 heterocycles. The Morgan fingerprint density at radius 3 is 2.83 bits per heavy atom. The fraction of sp³-hybridized carbons (Fsp3) is 0.357. The number of Topliss-reactive ketones (excluding diaryl/α,β-unsaturated/α-hetero) is 1. The van der Waals surface area contributed by atoms with Gasteiger partial charge >= 0.3 is 0 Å². The monoisotopic (exact) mass is 491 g/mol. The Balaban J connectivity index is 1.40. The summed E-state index contributed by atoms with van der Waals surface area (Å²) in [6, 6.07) is 12.1. The number of fused-ring (bicyclic) bond motifs is 2. The van der Waals surface area contributed by atoms with E-state index in [2.05, 4.69) is 6.58 Å². The molecular formula is C28H26FNO6.